The van der Waals surface area contributed by atoms with Crippen molar-refractivity contribution < 1.29 is 45.1 Å². The quantitative estimate of drug-likeness (QED) is 0.469. The smallest absolute Gasteiger partial charge is 0.439 e. The Kier molecular flexibility index (Phi) is 6.67. The largest absolute Gasteiger partial charge is 0.497 e. The minimum atomic E-state index is -6.19. The molecule has 0 fully saturated rings. The van der Waals surface area contributed by atoms with Gasteiger partial charge in [0.1, 0.15) is 11.6 Å². The molecule has 0 saturated heterocycles. The summed E-state index contributed by atoms with van der Waals surface area (Å²) in [7, 11) is 1.17. The average molecular weight is 453 g/mol. The molecule has 0 saturated carbocycles. The molecule has 0 atom stereocenters. The van der Waals surface area contributed by atoms with E-state index in [0.717, 1.165) is 47.0 Å². The van der Waals surface area contributed by atoms with E-state index in [9.17, 15) is 40.3 Å². The summed E-state index contributed by atoms with van der Waals surface area (Å²) in [5, 5.41) is 3.29. The SMILES string of the molecule is COc1cccc(C(=O)NC(NC(=O)Nc2ccc(F)cc2)(C(F)(F)F)C(F)(F)F)c1. The van der Waals surface area contributed by atoms with Gasteiger partial charge >= 0.3 is 24.0 Å². The maximum absolute atomic E-state index is 13.6. The molecule has 31 heavy (non-hydrogen) atoms. The number of alkyl halides is 6. The molecule has 0 aliphatic carbocycles. The summed E-state index contributed by atoms with van der Waals surface area (Å²) in [5.41, 5.74) is -6.01. The van der Waals surface area contributed by atoms with Crippen LogP contribution in [0.2, 0.25) is 0 Å². The number of anilines is 1. The molecule has 0 aromatic heterocycles. The third kappa shape index (κ3) is 5.35. The maximum Gasteiger partial charge on any atom is 0.439 e. The van der Waals surface area contributed by atoms with Crippen LogP contribution >= 0.6 is 0 Å². The fourth-order valence-corrected chi connectivity index (χ4v) is 2.35. The summed E-state index contributed by atoms with van der Waals surface area (Å²) in [4.78, 5) is 24.2. The lowest BCUT2D eigenvalue weighted by Gasteiger charge is -2.38. The maximum atomic E-state index is 13.6. The first kappa shape index (κ1) is 23.8. The standard InChI is InChI=1S/C18H14F7N3O3/c1-31-13-4-2-3-10(9-13)14(29)27-16(17(20,21)22,18(23,24)25)28-15(30)26-12-7-5-11(19)6-8-12/h2-9H,1H3,(H,27,29)(H2,26,28,30). The minimum Gasteiger partial charge on any atom is -0.497 e. The molecule has 6 nitrogen and oxygen atoms in total. The Balaban J connectivity index is 2.39. The highest BCUT2D eigenvalue weighted by Gasteiger charge is 2.73. The number of halogens is 7. The van der Waals surface area contributed by atoms with Gasteiger partial charge in [0, 0.05) is 11.3 Å². The molecule has 0 bridgehead atoms. The number of rotatable bonds is 5. The molecular formula is C18H14F7N3O3. The predicted octanol–water partition coefficient (Wildman–Crippen LogP) is 4.21. The Morgan fingerprint density at radius 3 is 1.97 bits per heavy atom. The Bertz CT molecular complexity index is 930. The molecule has 0 aliphatic heterocycles. The van der Waals surface area contributed by atoms with Crippen molar-refractivity contribution in [2.75, 3.05) is 12.4 Å². The topological polar surface area (TPSA) is 79.5 Å². The third-order valence-corrected chi connectivity index (χ3v) is 3.89. The number of methoxy groups -OCH3 is 1. The van der Waals surface area contributed by atoms with Crippen molar-refractivity contribution in [3.63, 3.8) is 0 Å². The van der Waals surface area contributed by atoms with Crippen molar-refractivity contribution in [2.45, 2.75) is 18.0 Å². The number of hydrogen-bond acceptors (Lipinski definition) is 3. The average Bonchev–Trinajstić information content (AvgIpc) is 2.67. The van der Waals surface area contributed by atoms with Gasteiger partial charge in [0.05, 0.1) is 7.11 Å². The number of carbonyl (C=O) groups excluding carboxylic acids is 2. The van der Waals surface area contributed by atoms with Crippen LogP contribution in [0.1, 0.15) is 10.4 Å². The molecule has 0 spiro atoms. The zero-order valence-electron chi connectivity index (χ0n) is 15.5. The van der Waals surface area contributed by atoms with Gasteiger partial charge in [-0.1, -0.05) is 6.07 Å². The summed E-state index contributed by atoms with van der Waals surface area (Å²) in [6.07, 6.45) is -12.4. The number of benzene rings is 2. The summed E-state index contributed by atoms with van der Waals surface area (Å²) in [6.45, 7) is 0. The zero-order valence-corrected chi connectivity index (χ0v) is 15.5. The van der Waals surface area contributed by atoms with Gasteiger partial charge < -0.3 is 15.4 Å². The number of nitrogens with one attached hydrogen (secondary N) is 3. The summed E-state index contributed by atoms with van der Waals surface area (Å²) in [6, 6.07) is 5.85. The second kappa shape index (κ2) is 8.70. The van der Waals surface area contributed by atoms with Crippen molar-refractivity contribution in [2.24, 2.45) is 0 Å². The molecule has 168 valence electrons. The monoisotopic (exact) mass is 453 g/mol. The van der Waals surface area contributed by atoms with Gasteiger partial charge in [-0.15, -0.1) is 0 Å². The molecule has 2 aromatic rings. The van der Waals surface area contributed by atoms with Gasteiger partial charge in [0.25, 0.3) is 5.91 Å². The molecule has 3 amide bonds. The van der Waals surface area contributed by atoms with Gasteiger partial charge in [0.15, 0.2) is 0 Å². The Hall–Kier alpha value is -3.51. The van der Waals surface area contributed by atoms with E-state index in [0.29, 0.717) is 0 Å². The molecule has 0 unspecified atom stereocenters. The van der Waals surface area contributed by atoms with Crippen LogP contribution in [0.4, 0.5) is 41.2 Å². The Morgan fingerprint density at radius 2 is 1.45 bits per heavy atom. The molecule has 3 N–H and O–H groups in total. The van der Waals surface area contributed by atoms with Gasteiger partial charge in [0.2, 0.25) is 0 Å². The van der Waals surface area contributed by atoms with Crippen LogP contribution in [0.3, 0.4) is 0 Å². The van der Waals surface area contributed by atoms with Crippen LogP contribution in [-0.4, -0.2) is 37.1 Å². The number of amides is 3. The van der Waals surface area contributed by atoms with Crippen LogP contribution in [0.15, 0.2) is 48.5 Å². The van der Waals surface area contributed by atoms with Gasteiger partial charge in [-0.3, -0.25) is 10.1 Å². The minimum absolute atomic E-state index is 0.000667. The number of urea groups is 1. The van der Waals surface area contributed by atoms with Gasteiger partial charge in [-0.05, 0) is 42.5 Å². The highest BCUT2D eigenvalue weighted by molar-refractivity contribution is 5.96. The van der Waals surface area contributed by atoms with E-state index in [4.69, 9.17) is 4.74 Å². The van der Waals surface area contributed by atoms with Crippen LogP contribution in [0.25, 0.3) is 0 Å². The number of ether oxygens (including phenoxy) is 1. The number of hydrogen-bond donors (Lipinski definition) is 3. The Labute approximate surface area is 170 Å². The highest BCUT2D eigenvalue weighted by Crippen LogP contribution is 2.41. The molecular weight excluding hydrogens is 439 g/mol. The van der Waals surface area contributed by atoms with Crippen LogP contribution in [0.5, 0.6) is 5.75 Å². The summed E-state index contributed by atoms with van der Waals surface area (Å²) >= 11 is 0. The predicted molar refractivity (Wildman–Crippen MR) is 93.9 cm³/mol. The van der Waals surface area contributed by atoms with E-state index in [-0.39, 0.29) is 11.4 Å². The van der Waals surface area contributed by atoms with Crippen LogP contribution in [-0.2, 0) is 0 Å². The molecule has 0 aliphatic rings. The van der Waals surface area contributed by atoms with E-state index in [1.54, 1.807) is 5.32 Å². The second-order valence-corrected chi connectivity index (χ2v) is 6.02. The van der Waals surface area contributed by atoms with Gasteiger partial charge in [-0.25, -0.2) is 9.18 Å². The first-order chi connectivity index (χ1) is 14.3. The second-order valence-electron chi connectivity index (χ2n) is 6.02. The fourth-order valence-electron chi connectivity index (χ4n) is 2.35. The molecule has 13 heteroatoms. The lowest BCUT2D eigenvalue weighted by atomic mass is 10.1. The first-order valence-electron chi connectivity index (χ1n) is 8.24. The summed E-state index contributed by atoms with van der Waals surface area (Å²) in [5.74, 6) is -2.54. The molecule has 2 aromatic carbocycles. The van der Waals surface area contributed by atoms with Crippen LogP contribution in [0, 0.1) is 5.82 Å². The fraction of sp³-hybridized carbons (Fsp3) is 0.222. The van der Waals surface area contributed by atoms with Crippen molar-refractivity contribution in [3.8, 4) is 5.75 Å². The van der Waals surface area contributed by atoms with E-state index in [1.807, 2.05) is 0 Å². The lowest BCUT2D eigenvalue weighted by Crippen LogP contribution is -2.76. The zero-order chi connectivity index (χ0) is 23.4. The third-order valence-electron chi connectivity index (χ3n) is 3.89. The van der Waals surface area contributed by atoms with Crippen molar-refractivity contribution >= 4 is 17.6 Å². The normalized spacial score (nSPS) is 12.1. The lowest BCUT2D eigenvalue weighted by molar-refractivity contribution is -0.310. The molecule has 0 radical (unpaired) electrons. The van der Waals surface area contributed by atoms with Gasteiger partial charge in [-0.2, -0.15) is 26.3 Å². The van der Waals surface area contributed by atoms with E-state index < -0.39 is 41.3 Å². The van der Waals surface area contributed by atoms with E-state index >= 15 is 0 Å². The summed E-state index contributed by atoms with van der Waals surface area (Å²) < 4.78 is 99.2. The highest BCUT2D eigenvalue weighted by atomic mass is 19.4. The van der Waals surface area contributed by atoms with Crippen molar-refractivity contribution in [3.05, 3.63) is 59.9 Å². The van der Waals surface area contributed by atoms with E-state index in [1.165, 1.54) is 19.2 Å². The van der Waals surface area contributed by atoms with Crippen LogP contribution < -0.4 is 20.7 Å². The van der Waals surface area contributed by atoms with E-state index in [2.05, 4.69) is 0 Å². The molecule has 0 heterocycles. The molecule has 2 rings (SSSR count). The van der Waals surface area contributed by atoms with Crippen molar-refractivity contribution in [1.82, 2.24) is 10.6 Å². The first-order valence-corrected chi connectivity index (χ1v) is 8.24. The Morgan fingerprint density at radius 1 is 0.871 bits per heavy atom. The van der Waals surface area contributed by atoms with Crippen molar-refractivity contribution in [1.29, 1.82) is 0 Å². The number of carbonyl (C=O) groups is 2.